The number of urea groups is 1. The molecule has 5 rings (SSSR count). The molecule has 2 heterocycles. The van der Waals surface area contributed by atoms with Crippen LogP contribution in [0.3, 0.4) is 0 Å². The molecule has 2 aliphatic rings. The normalized spacial score (nSPS) is 19.2. The van der Waals surface area contributed by atoms with Gasteiger partial charge in [-0.2, -0.15) is 0 Å². The van der Waals surface area contributed by atoms with E-state index in [4.69, 9.17) is 4.74 Å². The fourth-order valence-corrected chi connectivity index (χ4v) is 5.67. The van der Waals surface area contributed by atoms with Crippen molar-refractivity contribution in [3.8, 4) is 0 Å². The molecule has 1 aliphatic carbocycles. The number of carbonyl (C=O) groups is 1. The Labute approximate surface area is 214 Å². The minimum atomic E-state index is -0.233. The maximum Gasteiger partial charge on any atom is 0.323 e. The zero-order valence-corrected chi connectivity index (χ0v) is 21.9. The highest BCUT2D eigenvalue weighted by molar-refractivity contribution is 6.08. The summed E-state index contributed by atoms with van der Waals surface area (Å²) in [6.45, 7) is 10.2. The number of rotatable bonds is 4. The van der Waals surface area contributed by atoms with Crippen molar-refractivity contribution < 1.29 is 9.53 Å². The number of hydrogen-bond acceptors (Lipinski definition) is 3. The molecule has 0 radical (unpaired) electrons. The summed E-state index contributed by atoms with van der Waals surface area (Å²) in [5, 5.41) is 8.34. The van der Waals surface area contributed by atoms with Crippen LogP contribution >= 0.6 is 0 Å². The van der Waals surface area contributed by atoms with Gasteiger partial charge in [-0.1, -0.05) is 57.2 Å². The molecule has 6 heteroatoms. The predicted molar refractivity (Wildman–Crippen MR) is 149 cm³/mol. The van der Waals surface area contributed by atoms with Crippen LogP contribution in [0, 0.1) is 0 Å². The summed E-state index contributed by atoms with van der Waals surface area (Å²) in [6.07, 6.45) is 7.92. The van der Waals surface area contributed by atoms with E-state index in [0.717, 1.165) is 49.5 Å². The van der Waals surface area contributed by atoms with E-state index >= 15 is 0 Å². The van der Waals surface area contributed by atoms with E-state index in [1.54, 1.807) is 0 Å². The van der Waals surface area contributed by atoms with Crippen LogP contribution in [0.1, 0.15) is 51.3 Å². The van der Waals surface area contributed by atoms with Crippen molar-refractivity contribution in [3.63, 3.8) is 0 Å². The standard InChI is InChI=1S/C30H38N4O2/c1-30(2,3)28-19-22(20-33(28)4)31-29(35)32-27-13-12-24(25-10-5-6-11-26(25)27)21-8-7-9-23(18-21)34-14-16-36-17-15-34/h5-6,10-13,18-20,23H,7-9,14-17H2,1-4H3,(H2,31,32,35). The fourth-order valence-electron chi connectivity index (χ4n) is 5.67. The lowest BCUT2D eigenvalue weighted by Crippen LogP contribution is -2.43. The van der Waals surface area contributed by atoms with Gasteiger partial charge in [-0.05, 0) is 47.9 Å². The van der Waals surface area contributed by atoms with Gasteiger partial charge in [0, 0.05) is 48.9 Å². The number of hydrogen-bond donors (Lipinski definition) is 2. The molecule has 1 fully saturated rings. The second-order valence-corrected chi connectivity index (χ2v) is 11.1. The van der Waals surface area contributed by atoms with Crippen molar-refractivity contribution in [1.29, 1.82) is 0 Å². The Hall–Kier alpha value is -3.09. The van der Waals surface area contributed by atoms with Crippen molar-refractivity contribution in [3.05, 3.63) is 66.0 Å². The number of anilines is 2. The van der Waals surface area contributed by atoms with E-state index < -0.39 is 0 Å². The SMILES string of the molecule is Cn1cc(NC(=O)Nc2ccc(C3=CC(N4CCOCC4)CCC3)c3ccccc23)cc1C(C)(C)C. The van der Waals surface area contributed by atoms with Crippen molar-refractivity contribution in [1.82, 2.24) is 9.47 Å². The Morgan fingerprint density at radius 2 is 1.78 bits per heavy atom. The van der Waals surface area contributed by atoms with Gasteiger partial charge in [-0.3, -0.25) is 4.90 Å². The average molecular weight is 487 g/mol. The summed E-state index contributed by atoms with van der Waals surface area (Å²) in [5.74, 6) is 0. The Balaban J connectivity index is 1.38. The number of aryl methyl sites for hydroxylation is 1. The second kappa shape index (κ2) is 10.1. The van der Waals surface area contributed by atoms with Gasteiger partial charge in [0.05, 0.1) is 24.6 Å². The van der Waals surface area contributed by atoms with E-state index in [-0.39, 0.29) is 11.4 Å². The number of allylic oxidation sites excluding steroid dienone is 1. The van der Waals surface area contributed by atoms with Gasteiger partial charge in [0.25, 0.3) is 0 Å². The topological polar surface area (TPSA) is 58.5 Å². The Kier molecular flexibility index (Phi) is 6.91. The van der Waals surface area contributed by atoms with Crippen LogP contribution in [-0.4, -0.2) is 47.8 Å². The molecule has 0 bridgehead atoms. The smallest absolute Gasteiger partial charge is 0.323 e. The first-order valence-electron chi connectivity index (χ1n) is 13.1. The monoisotopic (exact) mass is 486 g/mol. The second-order valence-electron chi connectivity index (χ2n) is 11.1. The zero-order valence-electron chi connectivity index (χ0n) is 21.9. The summed E-state index contributed by atoms with van der Waals surface area (Å²) < 4.78 is 7.63. The summed E-state index contributed by atoms with van der Waals surface area (Å²) in [5.41, 5.74) is 5.47. The predicted octanol–water partition coefficient (Wildman–Crippen LogP) is 6.39. The van der Waals surface area contributed by atoms with E-state index in [0.29, 0.717) is 6.04 Å². The first-order chi connectivity index (χ1) is 17.3. The van der Waals surface area contributed by atoms with Crippen molar-refractivity contribution >= 4 is 33.8 Å². The molecule has 36 heavy (non-hydrogen) atoms. The lowest BCUT2D eigenvalue weighted by atomic mass is 9.87. The number of fused-ring (bicyclic) bond motifs is 1. The molecule has 1 aromatic heterocycles. The van der Waals surface area contributed by atoms with Crippen molar-refractivity contribution in [2.75, 3.05) is 36.9 Å². The van der Waals surface area contributed by atoms with Crippen LogP contribution in [0.25, 0.3) is 16.3 Å². The zero-order chi connectivity index (χ0) is 25.3. The van der Waals surface area contributed by atoms with Crippen molar-refractivity contribution in [2.24, 2.45) is 7.05 Å². The fraction of sp³-hybridized carbons (Fsp3) is 0.433. The first-order valence-corrected chi connectivity index (χ1v) is 13.1. The molecule has 1 unspecified atom stereocenters. The molecule has 1 atom stereocenters. The summed E-state index contributed by atoms with van der Waals surface area (Å²) in [4.78, 5) is 15.5. The molecule has 2 aromatic carbocycles. The minimum absolute atomic E-state index is 0.00573. The molecule has 2 N–H and O–H groups in total. The minimum Gasteiger partial charge on any atom is -0.379 e. The summed E-state index contributed by atoms with van der Waals surface area (Å²) >= 11 is 0. The molecule has 6 nitrogen and oxygen atoms in total. The van der Waals surface area contributed by atoms with Gasteiger partial charge >= 0.3 is 6.03 Å². The lowest BCUT2D eigenvalue weighted by molar-refractivity contribution is 0.0234. The molecule has 2 amide bonds. The number of aromatic nitrogens is 1. The number of amides is 2. The van der Waals surface area contributed by atoms with Gasteiger partial charge in [0.2, 0.25) is 0 Å². The van der Waals surface area contributed by atoms with Crippen LogP contribution in [-0.2, 0) is 17.2 Å². The Morgan fingerprint density at radius 3 is 2.50 bits per heavy atom. The molecular formula is C30H38N4O2. The Bertz CT molecular complexity index is 1280. The highest BCUT2D eigenvalue weighted by atomic mass is 16.5. The Morgan fingerprint density at radius 1 is 1.03 bits per heavy atom. The largest absolute Gasteiger partial charge is 0.379 e. The van der Waals surface area contributed by atoms with Crippen molar-refractivity contribution in [2.45, 2.75) is 51.5 Å². The summed E-state index contributed by atoms with van der Waals surface area (Å²) in [7, 11) is 2.01. The van der Waals surface area contributed by atoms with Crippen LogP contribution in [0.4, 0.5) is 16.2 Å². The molecule has 0 spiro atoms. The first kappa shape index (κ1) is 24.6. The third-order valence-electron chi connectivity index (χ3n) is 7.40. The van der Waals surface area contributed by atoms with E-state index in [9.17, 15) is 4.79 Å². The average Bonchev–Trinajstić information content (AvgIpc) is 3.25. The van der Waals surface area contributed by atoms with Gasteiger partial charge < -0.3 is 19.9 Å². The highest BCUT2D eigenvalue weighted by Crippen LogP contribution is 2.36. The quantitative estimate of drug-likeness (QED) is 0.449. The van der Waals surface area contributed by atoms with E-state index in [2.05, 4.69) is 71.2 Å². The number of ether oxygens (including phenoxy) is 1. The maximum atomic E-state index is 12.9. The van der Waals surface area contributed by atoms with Gasteiger partial charge in [-0.15, -0.1) is 0 Å². The lowest BCUT2D eigenvalue weighted by Gasteiger charge is -2.35. The molecule has 0 saturated carbocycles. The number of morpholine rings is 1. The number of benzene rings is 2. The summed E-state index contributed by atoms with van der Waals surface area (Å²) in [6, 6.07) is 14.9. The molecule has 1 aliphatic heterocycles. The van der Waals surface area contributed by atoms with Crippen LogP contribution < -0.4 is 10.6 Å². The van der Waals surface area contributed by atoms with Crippen LogP contribution in [0.5, 0.6) is 0 Å². The third kappa shape index (κ3) is 5.20. The third-order valence-corrected chi connectivity index (χ3v) is 7.40. The maximum absolute atomic E-state index is 12.9. The molecule has 190 valence electrons. The molecular weight excluding hydrogens is 448 g/mol. The van der Waals surface area contributed by atoms with Crippen LogP contribution in [0.15, 0.2) is 54.7 Å². The van der Waals surface area contributed by atoms with Crippen LogP contribution in [0.2, 0.25) is 0 Å². The number of carbonyl (C=O) groups excluding carboxylic acids is 1. The van der Waals surface area contributed by atoms with E-state index in [1.807, 2.05) is 31.4 Å². The highest BCUT2D eigenvalue weighted by Gasteiger charge is 2.24. The van der Waals surface area contributed by atoms with Gasteiger partial charge in [0.15, 0.2) is 0 Å². The van der Waals surface area contributed by atoms with Gasteiger partial charge in [-0.25, -0.2) is 4.79 Å². The van der Waals surface area contributed by atoms with E-state index in [1.165, 1.54) is 35.1 Å². The molecule has 3 aromatic rings. The number of nitrogens with zero attached hydrogens (tertiary/aromatic N) is 2. The number of nitrogens with one attached hydrogen (secondary N) is 2. The van der Waals surface area contributed by atoms with Gasteiger partial charge in [0.1, 0.15) is 0 Å². The molecule has 1 saturated heterocycles.